The zero-order valence-corrected chi connectivity index (χ0v) is 22.6. The molecule has 0 spiro atoms. The Morgan fingerprint density at radius 3 is 2.63 bits per heavy atom. The quantitative estimate of drug-likeness (QED) is 0.288. The minimum atomic E-state index is -0.319. The maximum atomic E-state index is 13.0. The van der Waals surface area contributed by atoms with Crippen molar-refractivity contribution < 1.29 is 9.53 Å². The first-order valence-corrected chi connectivity index (χ1v) is 13.6. The van der Waals surface area contributed by atoms with E-state index in [0.717, 1.165) is 53.2 Å². The molecule has 6 nitrogen and oxygen atoms in total. The summed E-state index contributed by atoms with van der Waals surface area (Å²) in [6, 6.07) is 11.2. The number of carbonyl (C=O) groups is 1. The lowest BCUT2D eigenvalue weighted by Gasteiger charge is -2.32. The molecule has 35 heavy (non-hydrogen) atoms. The van der Waals surface area contributed by atoms with Crippen molar-refractivity contribution in [1.29, 1.82) is 5.41 Å². The Morgan fingerprint density at radius 1 is 1.14 bits per heavy atom. The van der Waals surface area contributed by atoms with Crippen LogP contribution in [0.25, 0.3) is 0 Å². The van der Waals surface area contributed by atoms with Gasteiger partial charge in [-0.3, -0.25) is 15.5 Å². The van der Waals surface area contributed by atoms with E-state index in [9.17, 15) is 4.79 Å². The van der Waals surface area contributed by atoms with Gasteiger partial charge in [-0.05, 0) is 105 Å². The lowest BCUT2D eigenvalue weighted by Crippen LogP contribution is -2.44. The van der Waals surface area contributed by atoms with Crippen LogP contribution in [0.15, 0.2) is 40.9 Å². The van der Waals surface area contributed by atoms with E-state index in [-0.39, 0.29) is 11.9 Å². The summed E-state index contributed by atoms with van der Waals surface area (Å²) in [6.45, 7) is 4.23. The maximum absolute atomic E-state index is 13.0. The number of nitrogens with zero attached hydrogens (tertiary/aromatic N) is 1. The second-order valence-corrected chi connectivity index (χ2v) is 10.9. The predicted molar refractivity (Wildman–Crippen MR) is 145 cm³/mol. The zero-order valence-electron chi connectivity index (χ0n) is 20.2. The van der Waals surface area contributed by atoms with Crippen molar-refractivity contribution in [1.82, 2.24) is 15.5 Å². The number of likely N-dealkylation sites (tertiary alicyclic amines) is 1. The van der Waals surface area contributed by atoms with Gasteiger partial charge in [-0.1, -0.05) is 33.6 Å². The van der Waals surface area contributed by atoms with Gasteiger partial charge in [-0.15, -0.1) is 0 Å². The van der Waals surface area contributed by atoms with Crippen LogP contribution in [0.3, 0.4) is 0 Å². The summed E-state index contributed by atoms with van der Waals surface area (Å²) in [6.07, 6.45) is 6.31. The highest BCUT2D eigenvalue weighted by Gasteiger charge is 2.27. The number of guanidine groups is 1. The predicted octanol–water partition coefficient (Wildman–Crippen LogP) is 5.27. The summed E-state index contributed by atoms with van der Waals surface area (Å²) in [5, 5.41) is 14.6. The van der Waals surface area contributed by atoms with Crippen LogP contribution < -0.4 is 15.4 Å². The third-order valence-corrected chi connectivity index (χ3v) is 7.82. The normalized spacial score (nSPS) is 16.7. The van der Waals surface area contributed by atoms with E-state index in [4.69, 9.17) is 21.7 Å². The number of hydrogen-bond acceptors (Lipinski definition) is 4. The molecule has 8 heteroatoms. The molecule has 1 aliphatic carbocycles. The van der Waals surface area contributed by atoms with Gasteiger partial charge in [0.05, 0.1) is 7.11 Å². The van der Waals surface area contributed by atoms with E-state index >= 15 is 0 Å². The number of carbonyl (C=O) groups excluding carboxylic acids is 1. The fourth-order valence-corrected chi connectivity index (χ4v) is 5.42. The minimum Gasteiger partial charge on any atom is -0.496 e. The largest absolute Gasteiger partial charge is 0.496 e. The molecule has 2 aromatic rings. The molecule has 0 radical (unpaired) electrons. The average molecular weight is 562 g/mol. The SMILES string of the molecule is COc1ccc(Br)cc1CCc1c(Cl)cccc1C(=O)NC(=N)NCC1CCN(CC2CC2)CC1. The van der Waals surface area contributed by atoms with Gasteiger partial charge in [-0.2, -0.15) is 0 Å². The van der Waals surface area contributed by atoms with E-state index in [1.807, 2.05) is 18.2 Å². The van der Waals surface area contributed by atoms with E-state index in [1.165, 1.54) is 19.4 Å². The number of nitrogens with one attached hydrogen (secondary N) is 3. The van der Waals surface area contributed by atoms with Gasteiger partial charge in [0.15, 0.2) is 5.96 Å². The number of methoxy groups -OCH3 is 1. The van der Waals surface area contributed by atoms with Crippen molar-refractivity contribution in [3.05, 3.63) is 62.6 Å². The van der Waals surface area contributed by atoms with Crippen molar-refractivity contribution in [2.24, 2.45) is 11.8 Å². The Kier molecular flexibility index (Phi) is 9.09. The van der Waals surface area contributed by atoms with Gasteiger partial charge in [0.2, 0.25) is 0 Å². The Hall–Kier alpha value is -2.09. The monoisotopic (exact) mass is 560 g/mol. The highest BCUT2D eigenvalue weighted by atomic mass is 79.9. The Labute approximate surface area is 221 Å². The molecule has 1 amide bonds. The Morgan fingerprint density at radius 2 is 1.91 bits per heavy atom. The van der Waals surface area contributed by atoms with Crippen LogP contribution in [0.2, 0.25) is 5.02 Å². The molecular formula is C27H34BrClN4O2. The first-order chi connectivity index (χ1) is 16.9. The molecule has 2 aliphatic rings. The van der Waals surface area contributed by atoms with Gasteiger partial charge in [0.1, 0.15) is 5.75 Å². The molecule has 188 valence electrons. The lowest BCUT2D eigenvalue weighted by atomic mass is 9.96. The Balaban J connectivity index is 1.30. The van der Waals surface area contributed by atoms with Crippen LogP contribution in [-0.2, 0) is 12.8 Å². The second kappa shape index (κ2) is 12.2. The first kappa shape index (κ1) is 26.0. The van der Waals surface area contributed by atoms with Gasteiger partial charge < -0.3 is 15.0 Å². The van der Waals surface area contributed by atoms with Crippen molar-refractivity contribution in [2.45, 2.75) is 38.5 Å². The summed E-state index contributed by atoms with van der Waals surface area (Å²) >= 11 is 10.0. The van der Waals surface area contributed by atoms with Crippen LogP contribution in [-0.4, -0.2) is 50.1 Å². The number of benzene rings is 2. The summed E-state index contributed by atoms with van der Waals surface area (Å²) in [4.78, 5) is 15.6. The zero-order chi connectivity index (χ0) is 24.8. The number of piperidine rings is 1. The number of hydrogen-bond donors (Lipinski definition) is 3. The standard InChI is InChI=1S/C27H34BrClN4O2/c1-35-25-10-8-21(28)15-20(25)7-9-22-23(3-2-4-24(22)29)26(34)32-27(30)31-16-18-11-13-33(14-12-18)17-19-5-6-19/h2-4,8,10,15,18-19H,5-7,9,11-14,16-17H2,1H3,(H3,30,31,32,34). The van der Waals surface area contributed by atoms with Crippen LogP contribution >= 0.6 is 27.5 Å². The molecule has 2 aromatic carbocycles. The molecule has 1 heterocycles. The molecular weight excluding hydrogens is 528 g/mol. The van der Waals surface area contributed by atoms with Crippen molar-refractivity contribution >= 4 is 39.4 Å². The molecule has 3 N–H and O–H groups in total. The first-order valence-electron chi connectivity index (χ1n) is 12.4. The van der Waals surface area contributed by atoms with Crippen LogP contribution in [0.1, 0.15) is 47.2 Å². The highest BCUT2D eigenvalue weighted by molar-refractivity contribution is 9.10. The molecule has 0 atom stereocenters. The number of amides is 1. The van der Waals surface area contributed by atoms with Crippen molar-refractivity contribution in [3.63, 3.8) is 0 Å². The number of aryl methyl sites for hydroxylation is 1. The van der Waals surface area contributed by atoms with Gasteiger partial charge in [-0.25, -0.2) is 0 Å². The third kappa shape index (κ3) is 7.45. The maximum Gasteiger partial charge on any atom is 0.258 e. The highest BCUT2D eigenvalue weighted by Crippen LogP contribution is 2.31. The number of rotatable bonds is 9. The summed E-state index contributed by atoms with van der Waals surface area (Å²) in [7, 11) is 1.65. The topological polar surface area (TPSA) is 77.4 Å². The third-order valence-electron chi connectivity index (χ3n) is 6.98. The number of ether oxygens (including phenoxy) is 1. The smallest absolute Gasteiger partial charge is 0.258 e. The lowest BCUT2D eigenvalue weighted by molar-refractivity contribution is 0.0974. The van der Waals surface area contributed by atoms with E-state index in [2.05, 4.69) is 31.5 Å². The van der Waals surface area contributed by atoms with E-state index in [0.29, 0.717) is 35.9 Å². The second-order valence-electron chi connectivity index (χ2n) is 9.62. The summed E-state index contributed by atoms with van der Waals surface area (Å²) in [5.74, 6) is 1.98. The minimum absolute atomic E-state index is 0.0370. The molecule has 0 bridgehead atoms. The van der Waals surface area contributed by atoms with Gasteiger partial charge >= 0.3 is 0 Å². The fraction of sp³-hybridized carbons (Fsp3) is 0.481. The fourth-order valence-electron chi connectivity index (χ4n) is 4.74. The van der Waals surface area contributed by atoms with Crippen molar-refractivity contribution in [2.75, 3.05) is 33.3 Å². The van der Waals surface area contributed by atoms with Crippen LogP contribution in [0.4, 0.5) is 0 Å². The molecule has 1 aliphatic heterocycles. The Bertz CT molecular complexity index is 1050. The molecule has 2 fully saturated rings. The molecule has 0 aromatic heterocycles. The molecule has 4 rings (SSSR count). The van der Waals surface area contributed by atoms with Crippen molar-refractivity contribution in [3.8, 4) is 5.75 Å². The molecule has 0 unspecified atom stereocenters. The van der Waals surface area contributed by atoms with E-state index < -0.39 is 0 Å². The van der Waals surface area contributed by atoms with E-state index in [1.54, 1.807) is 25.3 Å². The average Bonchev–Trinajstić information content (AvgIpc) is 3.67. The van der Waals surface area contributed by atoms with Gasteiger partial charge in [0.25, 0.3) is 5.91 Å². The van der Waals surface area contributed by atoms with Crippen LogP contribution in [0, 0.1) is 17.2 Å². The summed E-state index contributed by atoms with van der Waals surface area (Å²) < 4.78 is 6.45. The van der Waals surface area contributed by atoms with Gasteiger partial charge in [0, 0.05) is 28.1 Å². The summed E-state index contributed by atoms with van der Waals surface area (Å²) in [5.41, 5.74) is 2.29. The molecule has 1 saturated heterocycles. The number of halogens is 2. The molecule has 1 saturated carbocycles. The van der Waals surface area contributed by atoms with Crippen LogP contribution in [0.5, 0.6) is 5.75 Å².